The first kappa shape index (κ1) is 12.3. The van der Waals surface area contributed by atoms with Crippen LogP contribution in [0.15, 0.2) is 12.3 Å². The van der Waals surface area contributed by atoms with Gasteiger partial charge in [0.05, 0.1) is 11.3 Å². The Labute approximate surface area is 112 Å². The summed E-state index contributed by atoms with van der Waals surface area (Å²) in [5, 5.41) is 9.12. The fraction of sp³-hybridized carbons (Fsp3) is 0.571. The van der Waals surface area contributed by atoms with E-state index < -0.39 is 5.97 Å². The van der Waals surface area contributed by atoms with Gasteiger partial charge in [-0.3, -0.25) is 0 Å². The lowest BCUT2D eigenvalue weighted by Crippen LogP contribution is -2.43. The van der Waals surface area contributed by atoms with Crippen LogP contribution in [0.1, 0.15) is 36.0 Å². The van der Waals surface area contributed by atoms with E-state index in [-0.39, 0.29) is 5.56 Å². The molecule has 1 saturated heterocycles. The van der Waals surface area contributed by atoms with Crippen LogP contribution in [-0.4, -0.2) is 29.1 Å². The first-order valence-corrected chi connectivity index (χ1v) is 6.88. The first-order chi connectivity index (χ1) is 9.15. The van der Waals surface area contributed by atoms with E-state index in [1.807, 2.05) is 0 Å². The van der Waals surface area contributed by atoms with Gasteiger partial charge in [-0.1, -0.05) is 6.42 Å². The van der Waals surface area contributed by atoms with E-state index in [0.717, 1.165) is 13.1 Å². The highest BCUT2D eigenvalue weighted by Crippen LogP contribution is 2.37. The molecule has 2 atom stereocenters. The number of piperidine rings is 1. The Kier molecular flexibility index (Phi) is 3.05. The second-order valence-corrected chi connectivity index (χ2v) is 5.70. The molecule has 0 radical (unpaired) electrons. The number of hydrogen-bond acceptors (Lipinski definition) is 4. The monoisotopic (exact) mass is 261 g/mol. The quantitative estimate of drug-likeness (QED) is 0.851. The third kappa shape index (κ3) is 2.25. The number of pyridine rings is 1. The molecule has 102 valence electrons. The molecule has 0 amide bonds. The maximum Gasteiger partial charge on any atom is 0.337 e. The zero-order chi connectivity index (χ0) is 13.4. The summed E-state index contributed by atoms with van der Waals surface area (Å²) in [5.41, 5.74) is 6.43. The highest BCUT2D eigenvalue weighted by molar-refractivity contribution is 5.96. The molecule has 1 aliphatic heterocycles. The van der Waals surface area contributed by atoms with Crippen LogP contribution in [0.3, 0.4) is 0 Å². The number of anilines is 2. The van der Waals surface area contributed by atoms with Gasteiger partial charge in [0.2, 0.25) is 0 Å². The molecule has 1 aliphatic carbocycles. The fourth-order valence-corrected chi connectivity index (χ4v) is 3.51. The minimum atomic E-state index is -0.988. The van der Waals surface area contributed by atoms with Crippen LogP contribution in [0.5, 0.6) is 0 Å². The summed E-state index contributed by atoms with van der Waals surface area (Å²) in [7, 11) is 0. The number of carboxylic acid groups (broad SMARTS) is 1. The van der Waals surface area contributed by atoms with Gasteiger partial charge >= 0.3 is 5.97 Å². The Morgan fingerprint density at radius 1 is 1.37 bits per heavy atom. The van der Waals surface area contributed by atoms with Gasteiger partial charge in [-0.25, -0.2) is 9.78 Å². The van der Waals surface area contributed by atoms with Crippen LogP contribution in [0, 0.1) is 11.8 Å². The number of carbonyl (C=O) groups is 1. The van der Waals surface area contributed by atoms with Gasteiger partial charge < -0.3 is 15.7 Å². The van der Waals surface area contributed by atoms with Gasteiger partial charge in [0, 0.05) is 19.3 Å². The van der Waals surface area contributed by atoms with E-state index in [1.54, 1.807) is 6.20 Å². The average Bonchev–Trinajstić information content (AvgIpc) is 2.38. The predicted octanol–water partition coefficient (Wildman–Crippen LogP) is 1.99. The van der Waals surface area contributed by atoms with Crippen molar-refractivity contribution < 1.29 is 9.90 Å². The maximum atomic E-state index is 11.1. The van der Waals surface area contributed by atoms with Crippen molar-refractivity contribution in [1.82, 2.24) is 4.98 Å². The minimum absolute atomic E-state index is 0.153. The number of nitrogens with zero attached hydrogens (tertiary/aromatic N) is 2. The molecule has 2 heterocycles. The van der Waals surface area contributed by atoms with E-state index >= 15 is 0 Å². The predicted molar refractivity (Wildman–Crippen MR) is 73.3 cm³/mol. The normalized spacial score (nSPS) is 26.2. The number of rotatable bonds is 2. The lowest BCUT2D eigenvalue weighted by atomic mass is 9.78. The van der Waals surface area contributed by atoms with Gasteiger partial charge in [0.25, 0.3) is 0 Å². The smallest absolute Gasteiger partial charge is 0.337 e. The van der Waals surface area contributed by atoms with Crippen LogP contribution in [0.25, 0.3) is 0 Å². The van der Waals surface area contributed by atoms with Crippen LogP contribution < -0.4 is 10.6 Å². The van der Waals surface area contributed by atoms with Gasteiger partial charge in [-0.15, -0.1) is 0 Å². The molecule has 1 aromatic rings. The Hall–Kier alpha value is -1.78. The molecule has 5 heteroatoms. The van der Waals surface area contributed by atoms with Crippen molar-refractivity contribution in [2.75, 3.05) is 23.7 Å². The molecule has 2 aliphatic rings. The van der Waals surface area contributed by atoms with Crippen molar-refractivity contribution in [3.05, 3.63) is 17.8 Å². The molecule has 0 spiro atoms. The van der Waals surface area contributed by atoms with Gasteiger partial charge in [-0.2, -0.15) is 0 Å². The van der Waals surface area contributed by atoms with Crippen molar-refractivity contribution in [1.29, 1.82) is 0 Å². The zero-order valence-electron chi connectivity index (χ0n) is 10.9. The first-order valence-electron chi connectivity index (χ1n) is 6.88. The van der Waals surface area contributed by atoms with Crippen LogP contribution in [0.2, 0.25) is 0 Å². The van der Waals surface area contributed by atoms with Crippen LogP contribution >= 0.6 is 0 Å². The number of hydrogen-bond donors (Lipinski definition) is 2. The number of nitrogen functional groups attached to an aromatic ring is 1. The molecule has 1 aromatic heterocycles. The second kappa shape index (κ2) is 4.72. The van der Waals surface area contributed by atoms with E-state index in [0.29, 0.717) is 23.3 Å². The van der Waals surface area contributed by atoms with E-state index in [2.05, 4.69) is 9.88 Å². The summed E-state index contributed by atoms with van der Waals surface area (Å²) in [6, 6.07) is 1.46. The topological polar surface area (TPSA) is 79.5 Å². The van der Waals surface area contributed by atoms with E-state index in [4.69, 9.17) is 10.8 Å². The summed E-state index contributed by atoms with van der Waals surface area (Å²) >= 11 is 0. The maximum absolute atomic E-state index is 11.1. The molecular weight excluding hydrogens is 242 g/mol. The third-order valence-corrected chi connectivity index (χ3v) is 4.35. The standard InChI is InChI=1S/C14H19N3O2/c15-12-11(14(18)19)4-5-16-13(12)17-7-9-2-1-3-10(6-9)8-17/h4-5,9-10H,1-3,6-8,15H2,(H,18,19). The Bertz CT molecular complexity index is 491. The summed E-state index contributed by atoms with van der Waals surface area (Å²) in [4.78, 5) is 17.6. The lowest BCUT2D eigenvalue weighted by Gasteiger charge is -2.42. The van der Waals surface area contributed by atoms with Crippen LogP contribution in [0.4, 0.5) is 11.5 Å². The number of fused-ring (bicyclic) bond motifs is 2. The molecule has 2 fully saturated rings. The van der Waals surface area contributed by atoms with Gasteiger partial charge in [0.1, 0.15) is 0 Å². The number of aromatic carboxylic acids is 1. The number of nitrogens with two attached hydrogens (primary N) is 1. The van der Waals surface area contributed by atoms with Crippen molar-refractivity contribution in [3.8, 4) is 0 Å². The summed E-state index contributed by atoms with van der Waals surface area (Å²) in [6.45, 7) is 1.91. The number of carboxylic acids is 1. The molecule has 3 N–H and O–H groups in total. The number of aromatic nitrogens is 1. The summed E-state index contributed by atoms with van der Waals surface area (Å²) in [6.07, 6.45) is 6.70. The Morgan fingerprint density at radius 2 is 2.05 bits per heavy atom. The molecule has 3 rings (SSSR count). The average molecular weight is 261 g/mol. The molecule has 5 nitrogen and oxygen atoms in total. The van der Waals surface area contributed by atoms with E-state index in [9.17, 15) is 4.79 Å². The molecule has 1 saturated carbocycles. The van der Waals surface area contributed by atoms with Crippen molar-refractivity contribution in [2.45, 2.75) is 25.7 Å². The lowest BCUT2D eigenvalue weighted by molar-refractivity contribution is 0.0698. The molecule has 2 unspecified atom stereocenters. The van der Waals surface area contributed by atoms with Gasteiger partial charge in [-0.05, 0) is 37.2 Å². The summed E-state index contributed by atoms with van der Waals surface area (Å²) < 4.78 is 0. The van der Waals surface area contributed by atoms with Crippen molar-refractivity contribution in [3.63, 3.8) is 0 Å². The highest BCUT2D eigenvalue weighted by Gasteiger charge is 2.32. The van der Waals surface area contributed by atoms with Crippen molar-refractivity contribution >= 4 is 17.5 Å². The van der Waals surface area contributed by atoms with Crippen molar-refractivity contribution in [2.24, 2.45) is 11.8 Å². The Balaban J connectivity index is 1.90. The highest BCUT2D eigenvalue weighted by atomic mass is 16.4. The molecule has 2 bridgehead atoms. The SMILES string of the molecule is Nc1c(C(=O)O)ccnc1N1CC2CCCC(C2)C1. The zero-order valence-corrected chi connectivity index (χ0v) is 10.9. The fourth-order valence-electron chi connectivity index (χ4n) is 3.51. The molecule has 19 heavy (non-hydrogen) atoms. The summed E-state index contributed by atoms with van der Waals surface area (Å²) in [5.74, 6) is 1.08. The molecule has 0 aromatic carbocycles. The van der Waals surface area contributed by atoms with Crippen LogP contribution in [-0.2, 0) is 0 Å². The largest absolute Gasteiger partial charge is 0.478 e. The van der Waals surface area contributed by atoms with E-state index in [1.165, 1.54) is 31.7 Å². The third-order valence-electron chi connectivity index (χ3n) is 4.35. The molecular formula is C14H19N3O2. The van der Waals surface area contributed by atoms with Gasteiger partial charge in [0.15, 0.2) is 5.82 Å². The minimum Gasteiger partial charge on any atom is -0.478 e. The Morgan fingerprint density at radius 3 is 2.68 bits per heavy atom. The second-order valence-electron chi connectivity index (χ2n) is 5.70.